The van der Waals surface area contributed by atoms with E-state index in [2.05, 4.69) is 13.8 Å². The summed E-state index contributed by atoms with van der Waals surface area (Å²) in [7, 11) is -2.28. The highest BCUT2D eigenvalue weighted by atomic mass is 32.2. The van der Waals surface area contributed by atoms with Crippen LogP contribution in [0.15, 0.2) is 0 Å². The average Bonchev–Trinajstić information content (AvgIpc) is 1.96. The van der Waals surface area contributed by atoms with Crippen LogP contribution in [0.5, 0.6) is 0 Å². The normalized spacial score (nSPS) is 14.1. The van der Waals surface area contributed by atoms with Gasteiger partial charge in [-0.05, 0) is 19.3 Å². The van der Waals surface area contributed by atoms with E-state index in [0.29, 0.717) is 0 Å². The monoisotopic (exact) mass is 191 g/mol. The van der Waals surface area contributed by atoms with Gasteiger partial charge in [0.05, 0.1) is 5.25 Å². The molecule has 0 N–H and O–H groups in total. The summed E-state index contributed by atoms with van der Waals surface area (Å²) in [5.74, 6) is 0.0166. The van der Waals surface area contributed by atoms with Gasteiger partial charge in [-0.3, -0.25) is 0 Å². The van der Waals surface area contributed by atoms with Crippen LogP contribution in [0.4, 0.5) is 0 Å². The summed E-state index contributed by atoms with van der Waals surface area (Å²) in [4.78, 5) is 0. The van der Waals surface area contributed by atoms with Crippen LogP contribution in [0.1, 0.15) is 39.5 Å². The highest BCUT2D eigenvalue weighted by molar-refractivity contribution is 7.73. The topological polar surface area (TPSA) is 34.1 Å². The average molecular weight is 191 g/mol. The van der Waals surface area contributed by atoms with Crippen molar-refractivity contribution in [3.63, 3.8) is 0 Å². The maximum Gasteiger partial charge on any atom is 0.143 e. The fraction of sp³-hybridized carbons (Fsp3) is 0.889. The Morgan fingerprint density at radius 1 is 1.33 bits per heavy atom. The summed E-state index contributed by atoms with van der Waals surface area (Å²) in [6.45, 7) is 7.73. The van der Waals surface area contributed by atoms with Gasteiger partial charge in [-0.25, -0.2) is 8.42 Å². The maximum absolute atomic E-state index is 10.7. The molecule has 0 aliphatic rings. The molecule has 0 saturated carbocycles. The van der Waals surface area contributed by atoms with Crippen molar-refractivity contribution in [2.75, 3.05) is 0 Å². The third-order valence-electron chi connectivity index (χ3n) is 2.03. The zero-order chi connectivity index (χ0) is 9.56. The molecule has 0 fully saturated rings. The molecule has 0 aliphatic heterocycles. The molecular weight excluding hydrogens is 172 g/mol. The Bertz CT molecular complexity index is 165. The lowest BCUT2D eigenvalue weighted by Crippen LogP contribution is -2.17. The second kappa shape index (κ2) is 6.46. The largest absolute Gasteiger partial charge is 0.232 e. The molecule has 0 aromatic carbocycles. The predicted octanol–water partition coefficient (Wildman–Crippen LogP) is 2.02. The lowest BCUT2D eigenvalue weighted by Gasteiger charge is -2.13. The van der Waals surface area contributed by atoms with Gasteiger partial charge >= 0.3 is 0 Å². The quantitative estimate of drug-likeness (QED) is 0.515. The highest BCUT2D eigenvalue weighted by Gasteiger charge is 2.15. The number of rotatable bonds is 6. The SMILES string of the molecule is [CH2]C(C)C(CCCCC)[SH](=O)=O. The van der Waals surface area contributed by atoms with Gasteiger partial charge in [-0.2, -0.15) is 0 Å². The van der Waals surface area contributed by atoms with Gasteiger partial charge in [-0.1, -0.05) is 33.1 Å². The lowest BCUT2D eigenvalue weighted by molar-refractivity contribution is 0.530. The van der Waals surface area contributed by atoms with E-state index in [-0.39, 0.29) is 11.2 Å². The van der Waals surface area contributed by atoms with Crippen molar-refractivity contribution < 1.29 is 8.42 Å². The van der Waals surface area contributed by atoms with Gasteiger partial charge in [0.15, 0.2) is 0 Å². The van der Waals surface area contributed by atoms with Crippen LogP contribution in [0.25, 0.3) is 0 Å². The molecule has 0 amide bonds. The molecule has 0 bridgehead atoms. The molecule has 1 radical (unpaired) electrons. The Hall–Kier alpha value is -0.0500. The Morgan fingerprint density at radius 2 is 1.92 bits per heavy atom. The number of hydrogen-bond donors (Lipinski definition) is 1. The molecule has 0 aromatic rings. The van der Waals surface area contributed by atoms with Gasteiger partial charge in [0.1, 0.15) is 10.7 Å². The Morgan fingerprint density at radius 3 is 2.25 bits per heavy atom. The van der Waals surface area contributed by atoms with Crippen LogP contribution in [-0.2, 0) is 10.7 Å². The van der Waals surface area contributed by atoms with Crippen molar-refractivity contribution in [1.82, 2.24) is 0 Å². The molecule has 0 heterocycles. The van der Waals surface area contributed by atoms with E-state index in [1.807, 2.05) is 6.92 Å². The van der Waals surface area contributed by atoms with Crippen LogP contribution < -0.4 is 0 Å². The van der Waals surface area contributed by atoms with Crippen molar-refractivity contribution in [1.29, 1.82) is 0 Å². The summed E-state index contributed by atoms with van der Waals surface area (Å²) >= 11 is 0. The summed E-state index contributed by atoms with van der Waals surface area (Å²) < 4.78 is 21.5. The Labute approximate surface area is 77.3 Å². The van der Waals surface area contributed by atoms with Gasteiger partial charge in [0.2, 0.25) is 0 Å². The molecule has 2 nitrogen and oxygen atoms in total. The van der Waals surface area contributed by atoms with Crippen molar-refractivity contribution in [2.24, 2.45) is 5.92 Å². The summed E-state index contributed by atoms with van der Waals surface area (Å²) in [6, 6.07) is 0. The van der Waals surface area contributed by atoms with E-state index in [0.717, 1.165) is 25.7 Å². The third-order valence-corrected chi connectivity index (χ3v) is 3.34. The van der Waals surface area contributed by atoms with E-state index in [4.69, 9.17) is 0 Å². The minimum atomic E-state index is -2.28. The molecular formula is C9H19O2S. The Balaban J connectivity index is 3.80. The zero-order valence-electron chi connectivity index (χ0n) is 7.95. The van der Waals surface area contributed by atoms with Crippen molar-refractivity contribution in [3.05, 3.63) is 6.92 Å². The minimum absolute atomic E-state index is 0.0166. The van der Waals surface area contributed by atoms with Gasteiger partial charge in [-0.15, -0.1) is 0 Å². The number of hydrogen-bond acceptors (Lipinski definition) is 2. The first-order valence-electron chi connectivity index (χ1n) is 4.56. The fourth-order valence-electron chi connectivity index (χ4n) is 1.20. The van der Waals surface area contributed by atoms with Gasteiger partial charge in [0, 0.05) is 0 Å². The van der Waals surface area contributed by atoms with Crippen LogP contribution >= 0.6 is 0 Å². The van der Waals surface area contributed by atoms with E-state index >= 15 is 0 Å². The molecule has 0 saturated heterocycles. The standard InChI is InChI=1S/C9H19O2S/c1-4-5-6-7-9(8(2)3)12(10)11/h8-9,12H,2,4-7H2,1,3H3. The third kappa shape index (κ3) is 4.75. The van der Waals surface area contributed by atoms with Crippen LogP contribution in [0, 0.1) is 12.8 Å². The minimum Gasteiger partial charge on any atom is -0.232 e. The Kier molecular flexibility index (Phi) is 6.44. The van der Waals surface area contributed by atoms with Gasteiger partial charge in [0.25, 0.3) is 0 Å². The maximum atomic E-state index is 10.7. The second-order valence-electron chi connectivity index (χ2n) is 3.33. The fourth-order valence-corrected chi connectivity index (χ4v) is 2.01. The molecule has 0 spiro atoms. The highest BCUT2D eigenvalue weighted by Crippen LogP contribution is 2.13. The molecule has 0 aliphatic carbocycles. The molecule has 73 valence electrons. The van der Waals surface area contributed by atoms with Crippen molar-refractivity contribution in [2.45, 2.75) is 44.8 Å². The van der Waals surface area contributed by atoms with Crippen molar-refractivity contribution >= 4 is 10.7 Å². The molecule has 12 heavy (non-hydrogen) atoms. The lowest BCUT2D eigenvalue weighted by atomic mass is 10.0. The van der Waals surface area contributed by atoms with E-state index in [1.54, 1.807) is 0 Å². The first kappa shape index (κ1) is 11.9. The molecule has 2 unspecified atom stereocenters. The first-order chi connectivity index (χ1) is 5.59. The molecule has 3 heteroatoms. The van der Waals surface area contributed by atoms with E-state index < -0.39 is 10.7 Å². The second-order valence-corrected chi connectivity index (χ2v) is 4.56. The zero-order valence-corrected chi connectivity index (χ0v) is 8.85. The molecule has 0 rings (SSSR count). The van der Waals surface area contributed by atoms with Gasteiger partial charge < -0.3 is 0 Å². The molecule has 2 atom stereocenters. The first-order valence-corrected chi connectivity index (χ1v) is 5.80. The molecule has 0 aromatic heterocycles. The number of thiol groups is 1. The summed E-state index contributed by atoms with van der Waals surface area (Å²) in [5, 5.41) is -0.216. The van der Waals surface area contributed by atoms with Crippen molar-refractivity contribution in [3.8, 4) is 0 Å². The smallest absolute Gasteiger partial charge is 0.143 e. The van der Waals surface area contributed by atoms with Crippen LogP contribution in [0.3, 0.4) is 0 Å². The van der Waals surface area contributed by atoms with Crippen LogP contribution in [0.2, 0.25) is 0 Å². The number of unbranched alkanes of at least 4 members (excludes halogenated alkanes) is 2. The summed E-state index contributed by atoms with van der Waals surface area (Å²) in [5.41, 5.74) is 0. The van der Waals surface area contributed by atoms with Crippen LogP contribution in [-0.4, -0.2) is 13.7 Å². The van der Waals surface area contributed by atoms with E-state index in [1.165, 1.54) is 0 Å². The van der Waals surface area contributed by atoms with E-state index in [9.17, 15) is 8.42 Å². The predicted molar refractivity (Wildman–Crippen MR) is 52.8 cm³/mol. The summed E-state index contributed by atoms with van der Waals surface area (Å²) in [6.07, 6.45) is 4.03.